The number of amides is 1. The van der Waals surface area contributed by atoms with Gasteiger partial charge in [-0.05, 0) is 43.9 Å². The van der Waals surface area contributed by atoms with E-state index < -0.39 is 41.5 Å². The second-order valence-electron chi connectivity index (χ2n) is 6.78. The standard InChI is InChI=1S/C17H19F4NO2/c1-8(11-5-9-2-3-10(11)4-9)22-14(23)7-24-17-15(20)12(18)6-13(19)16(17)21/h6,8-11H,2-5,7H2,1H3,(H,22,23)/t8-,9+,10+,11-/m0/s1. The van der Waals surface area contributed by atoms with Crippen LogP contribution in [0.4, 0.5) is 17.6 Å². The fraction of sp³-hybridized carbons (Fsp3) is 0.588. The Kier molecular flexibility index (Phi) is 4.69. The largest absolute Gasteiger partial charge is 0.477 e. The maximum Gasteiger partial charge on any atom is 0.258 e. The second-order valence-corrected chi connectivity index (χ2v) is 6.78. The van der Waals surface area contributed by atoms with Crippen molar-refractivity contribution in [2.75, 3.05) is 6.61 Å². The summed E-state index contributed by atoms with van der Waals surface area (Å²) in [5, 5.41) is 2.75. The third-order valence-corrected chi connectivity index (χ3v) is 5.24. The summed E-state index contributed by atoms with van der Waals surface area (Å²) in [6.45, 7) is 1.19. The van der Waals surface area contributed by atoms with E-state index in [1.807, 2.05) is 6.92 Å². The predicted molar refractivity (Wildman–Crippen MR) is 78.3 cm³/mol. The van der Waals surface area contributed by atoms with E-state index >= 15 is 0 Å². The molecule has 0 spiro atoms. The molecule has 7 heteroatoms. The zero-order chi connectivity index (χ0) is 17.4. The van der Waals surface area contributed by atoms with Gasteiger partial charge in [-0.2, -0.15) is 8.78 Å². The van der Waals surface area contributed by atoms with Gasteiger partial charge in [0.15, 0.2) is 24.0 Å². The minimum absolute atomic E-state index is 0.0738. The van der Waals surface area contributed by atoms with Gasteiger partial charge in [0.2, 0.25) is 11.6 Å². The van der Waals surface area contributed by atoms with Crippen molar-refractivity contribution in [2.45, 2.75) is 38.6 Å². The molecule has 1 aromatic rings. The van der Waals surface area contributed by atoms with Gasteiger partial charge >= 0.3 is 0 Å². The van der Waals surface area contributed by atoms with Gasteiger partial charge < -0.3 is 10.1 Å². The molecule has 132 valence electrons. The Balaban J connectivity index is 1.56. The van der Waals surface area contributed by atoms with Crippen molar-refractivity contribution in [3.05, 3.63) is 29.3 Å². The van der Waals surface area contributed by atoms with E-state index in [1.165, 1.54) is 19.3 Å². The fourth-order valence-electron chi connectivity index (χ4n) is 4.12. The summed E-state index contributed by atoms with van der Waals surface area (Å²) in [5.41, 5.74) is 0. The normalized spacial score (nSPS) is 26.5. The molecule has 2 aliphatic carbocycles. The van der Waals surface area contributed by atoms with Crippen LogP contribution in [-0.4, -0.2) is 18.6 Å². The van der Waals surface area contributed by atoms with Gasteiger partial charge in [-0.3, -0.25) is 4.79 Å². The Morgan fingerprint density at radius 1 is 1.21 bits per heavy atom. The summed E-state index contributed by atoms with van der Waals surface area (Å²) in [6.07, 6.45) is 4.69. The van der Waals surface area contributed by atoms with Crippen LogP contribution < -0.4 is 10.1 Å². The molecule has 0 aliphatic heterocycles. The van der Waals surface area contributed by atoms with Crippen LogP contribution in [0.3, 0.4) is 0 Å². The molecule has 0 saturated heterocycles. The van der Waals surface area contributed by atoms with Crippen LogP contribution in [0, 0.1) is 41.0 Å². The topological polar surface area (TPSA) is 38.3 Å². The molecule has 4 atom stereocenters. The predicted octanol–water partition coefficient (Wildman–Crippen LogP) is 3.56. The molecule has 3 rings (SSSR count). The number of carbonyl (C=O) groups excluding carboxylic acids is 1. The van der Waals surface area contributed by atoms with Crippen molar-refractivity contribution in [2.24, 2.45) is 17.8 Å². The fourth-order valence-corrected chi connectivity index (χ4v) is 4.12. The highest BCUT2D eigenvalue weighted by Crippen LogP contribution is 2.49. The third kappa shape index (κ3) is 3.21. The zero-order valence-corrected chi connectivity index (χ0v) is 13.3. The molecule has 1 amide bonds. The number of ether oxygens (including phenoxy) is 1. The van der Waals surface area contributed by atoms with Crippen LogP contribution in [0.15, 0.2) is 6.07 Å². The molecule has 2 bridgehead atoms. The van der Waals surface area contributed by atoms with Crippen molar-refractivity contribution in [1.29, 1.82) is 0 Å². The van der Waals surface area contributed by atoms with E-state index in [1.54, 1.807) is 0 Å². The summed E-state index contributed by atoms with van der Waals surface area (Å²) in [5.74, 6) is -6.49. The van der Waals surface area contributed by atoms with E-state index in [0.717, 1.165) is 12.3 Å². The van der Waals surface area contributed by atoms with Gasteiger partial charge in [-0.1, -0.05) is 6.42 Å². The average Bonchev–Trinajstić information content (AvgIpc) is 3.16. The van der Waals surface area contributed by atoms with Crippen LogP contribution >= 0.6 is 0 Å². The lowest BCUT2D eigenvalue weighted by Crippen LogP contribution is -2.42. The van der Waals surface area contributed by atoms with Crippen LogP contribution in [0.5, 0.6) is 5.75 Å². The lowest BCUT2D eigenvalue weighted by atomic mass is 9.84. The molecular weight excluding hydrogens is 326 g/mol. The average molecular weight is 345 g/mol. The van der Waals surface area contributed by atoms with E-state index in [0.29, 0.717) is 11.8 Å². The first-order chi connectivity index (χ1) is 11.4. The number of rotatable bonds is 5. The lowest BCUT2D eigenvalue weighted by Gasteiger charge is -2.28. The molecule has 0 unspecified atom stereocenters. The Bertz CT molecular complexity index is 626. The van der Waals surface area contributed by atoms with Gasteiger partial charge in [-0.25, -0.2) is 8.78 Å². The van der Waals surface area contributed by atoms with Gasteiger partial charge in [0.25, 0.3) is 5.91 Å². The third-order valence-electron chi connectivity index (χ3n) is 5.24. The first kappa shape index (κ1) is 17.0. The van der Waals surface area contributed by atoms with Gasteiger partial charge in [0, 0.05) is 12.1 Å². The molecule has 1 N–H and O–H groups in total. The van der Waals surface area contributed by atoms with Crippen molar-refractivity contribution >= 4 is 5.91 Å². The summed E-state index contributed by atoms with van der Waals surface area (Å²) in [6, 6.07) is 0.0183. The number of carbonyl (C=O) groups is 1. The second kappa shape index (κ2) is 6.61. The van der Waals surface area contributed by atoms with Crippen molar-refractivity contribution in [3.63, 3.8) is 0 Å². The minimum Gasteiger partial charge on any atom is -0.477 e. The van der Waals surface area contributed by atoms with Crippen LogP contribution in [0.1, 0.15) is 32.6 Å². The molecule has 3 nitrogen and oxygen atoms in total. The maximum absolute atomic E-state index is 13.5. The Morgan fingerprint density at radius 3 is 2.42 bits per heavy atom. The molecule has 0 radical (unpaired) electrons. The zero-order valence-electron chi connectivity index (χ0n) is 13.3. The van der Waals surface area contributed by atoms with Crippen molar-refractivity contribution < 1.29 is 27.1 Å². The summed E-state index contributed by atoms with van der Waals surface area (Å²) < 4.78 is 57.8. The molecule has 0 aromatic heterocycles. The SMILES string of the molecule is C[C@H](NC(=O)COc1c(F)c(F)cc(F)c1F)[C@@H]1C[C@@H]2CC[C@@H]1C2. The number of fused-ring (bicyclic) bond motifs is 2. The van der Waals surface area contributed by atoms with Crippen molar-refractivity contribution in [1.82, 2.24) is 5.32 Å². The van der Waals surface area contributed by atoms with E-state index in [9.17, 15) is 22.4 Å². The van der Waals surface area contributed by atoms with Gasteiger partial charge in [0.05, 0.1) is 0 Å². The van der Waals surface area contributed by atoms with Crippen LogP contribution in [-0.2, 0) is 4.79 Å². The first-order valence-electron chi connectivity index (χ1n) is 8.12. The molecule has 24 heavy (non-hydrogen) atoms. The first-order valence-corrected chi connectivity index (χ1v) is 8.12. The Morgan fingerprint density at radius 2 is 1.88 bits per heavy atom. The van der Waals surface area contributed by atoms with E-state index in [4.69, 9.17) is 0 Å². The number of nitrogens with one attached hydrogen (secondary N) is 1. The number of hydrogen-bond donors (Lipinski definition) is 1. The number of halogens is 4. The molecule has 0 heterocycles. The molecule has 2 aliphatic rings. The number of hydrogen-bond acceptors (Lipinski definition) is 2. The molecular formula is C17H19F4NO2. The van der Waals surface area contributed by atoms with Crippen LogP contribution in [0.2, 0.25) is 0 Å². The Labute approximate surface area is 137 Å². The van der Waals surface area contributed by atoms with Gasteiger partial charge in [-0.15, -0.1) is 0 Å². The lowest BCUT2D eigenvalue weighted by molar-refractivity contribution is -0.124. The summed E-state index contributed by atoms with van der Waals surface area (Å²) in [4.78, 5) is 11.9. The molecule has 1 aromatic carbocycles. The van der Waals surface area contributed by atoms with Crippen LogP contribution in [0.25, 0.3) is 0 Å². The molecule has 2 fully saturated rings. The highest BCUT2D eigenvalue weighted by molar-refractivity contribution is 5.77. The smallest absolute Gasteiger partial charge is 0.258 e. The van der Waals surface area contributed by atoms with Crippen molar-refractivity contribution in [3.8, 4) is 5.75 Å². The Hall–Kier alpha value is -1.79. The number of benzene rings is 1. The monoisotopic (exact) mass is 345 g/mol. The maximum atomic E-state index is 13.5. The molecule has 2 saturated carbocycles. The van der Waals surface area contributed by atoms with E-state index in [-0.39, 0.29) is 12.1 Å². The summed E-state index contributed by atoms with van der Waals surface area (Å²) >= 11 is 0. The highest BCUT2D eigenvalue weighted by Gasteiger charge is 2.42. The summed E-state index contributed by atoms with van der Waals surface area (Å²) in [7, 11) is 0. The quantitative estimate of drug-likeness (QED) is 0.655. The van der Waals surface area contributed by atoms with E-state index in [2.05, 4.69) is 10.1 Å². The highest BCUT2D eigenvalue weighted by atomic mass is 19.2. The van der Waals surface area contributed by atoms with Gasteiger partial charge in [0.1, 0.15) is 0 Å². The minimum atomic E-state index is -1.65.